The molecule has 0 radical (unpaired) electrons. The lowest BCUT2D eigenvalue weighted by atomic mass is 9.99. The van der Waals surface area contributed by atoms with Crippen LogP contribution in [0.15, 0.2) is 60.9 Å². The van der Waals surface area contributed by atoms with Crippen LogP contribution in [0, 0.1) is 11.3 Å². The molecule has 0 aliphatic rings. The van der Waals surface area contributed by atoms with Gasteiger partial charge in [0.1, 0.15) is 17.5 Å². The number of anilines is 1. The molecule has 0 aliphatic heterocycles. The van der Waals surface area contributed by atoms with Crippen LogP contribution in [0.3, 0.4) is 0 Å². The topological polar surface area (TPSA) is 80.5 Å². The van der Waals surface area contributed by atoms with Crippen LogP contribution in [-0.2, 0) is 7.05 Å². The van der Waals surface area contributed by atoms with E-state index in [1.165, 1.54) is 5.39 Å². The van der Waals surface area contributed by atoms with Crippen molar-refractivity contribution in [3.8, 4) is 28.5 Å². The first-order valence-electron chi connectivity index (χ1n) is 7.84. The highest BCUT2D eigenvalue weighted by atomic mass is 15.2. The molecule has 4 aromatic rings. The minimum atomic E-state index is 0.229. The van der Waals surface area contributed by atoms with Gasteiger partial charge in [-0.3, -0.25) is 4.68 Å². The second-order valence-corrected chi connectivity index (χ2v) is 5.89. The summed E-state index contributed by atoms with van der Waals surface area (Å²) in [5.74, 6) is 0.229. The smallest absolute Gasteiger partial charge is 0.142 e. The van der Waals surface area contributed by atoms with Gasteiger partial charge in [-0.25, -0.2) is 4.98 Å². The fraction of sp³-hybridized carbons (Fsp3) is 0.0500. The number of benzene rings is 2. The molecule has 5 heteroatoms. The van der Waals surface area contributed by atoms with Gasteiger partial charge in [-0.05, 0) is 22.9 Å². The van der Waals surface area contributed by atoms with E-state index in [2.05, 4.69) is 40.4 Å². The third-order valence-corrected chi connectivity index (χ3v) is 4.22. The molecule has 0 fully saturated rings. The molecule has 120 valence electrons. The number of nitriles is 1. The fourth-order valence-electron chi connectivity index (χ4n) is 2.97. The van der Waals surface area contributed by atoms with E-state index in [0.717, 1.165) is 27.8 Å². The predicted molar refractivity (Wildman–Crippen MR) is 98.5 cm³/mol. The standard InChI is InChI=1S/C20H15N5/c1-25-12-16(11-23-25)17-9-19(24-20(22)18(17)10-21)15-7-6-13-4-2-3-5-14(13)8-15/h2-9,11-12H,1H3,(H2,22,24). The van der Waals surface area contributed by atoms with Gasteiger partial charge < -0.3 is 5.73 Å². The van der Waals surface area contributed by atoms with Crippen molar-refractivity contribution in [3.63, 3.8) is 0 Å². The lowest BCUT2D eigenvalue weighted by Gasteiger charge is -2.09. The Labute approximate surface area is 145 Å². The minimum absolute atomic E-state index is 0.229. The van der Waals surface area contributed by atoms with Crippen molar-refractivity contribution in [1.29, 1.82) is 5.26 Å². The average molecular weight is 325 g/mol. The van der Waals surface area contributed by atoms with E-state index in [1.54, 1.807) is 10.9 Å². The van der Waals surface area contributed by atoms with E-state index in [-0.39, 0.29) is 5.82 Å². The van der Waals surface area contributed by atoms with E-state index in [9.17, 15) is 5.26 Å². The molecule has 2 aromatic carbocycles. The molecule has 5 nitrogen and oxygen atoms in total. The minimum Gasteiger partial charge on any atom is -0.383 e. The van der Waals surface area contributed by atoms with Crippen LogP contribution >= 0.6 is 0 Å². The number of aromatic nitrogens is 3. The quantitative estimate of drug-likeness (QED) is 0.608. The van der Waals surface area contributed by atoms with Gasteiger partial charge >= 0.3 is 0 Å². The first-order chi connectivity index (χ1) is 12.2. The maximum Gasteiger partial charge on any atom is 0.142 e. The molecule has 0 saturated carbocycles. The number of hydrogen-bond acceptors (Lipinski definition) is 4. The summed E-state index contributed by atoms with van der Waals surface area (Å²) in [6, 6.07) is 18.4. The zero-order valence-corrected chi connectivity index (χ0v) is 13.6. The summed E-state index contributed by atoms with van der Waals surface area (Å²) in [7, 11) is 1.84. The Morgan fingerprint density at radius 1 is 1.04 bits per heavy atom. The first-order valence-corrected chi connectivity index (χ1v) is 7.84. The second-order valence-electron chi connectivity index (χ2n) is 5.89. The Bertz CT molecular complexity index is 1130. The Hall–Kier alpha value is -3.65. The van der Waals surface area contributed by atoms with Crippen LogP contribution in [0.25, 0.3) is 33.2 Å². The van der Waals surface area contributed by atoms with Gasteiger partial charge in [0.15, 0.2) is 0 Å². The lowest BCUT2D eigenvalue weighted by molar-refractivity contribution is 0.768. The van der Waals surface area contributed by atoms with Gasteiger partial charge in [0.05, 0.1) is 11.9 Å². The normalized spacial score (nSPS) is 10.7. The van der Waals surface area contributed by atoms with Gasteiger partial charge in [-0.2, -0.15) is 10.4 Å². The molecular weight excluding hydrogens is 310 g/mol. The van der Waals surface area contributed by atoms with Crippen molar-refractivity contribution < 1.29 is 0 Å². The van der Waals surface area contributed by atoms with Crippen LogP contribution < -0.4 is 5.73 Å². The van der Waals surface area contributed by atoms with Crippen molar-refractivity contribution >= 4 is 16.6 Å². The van der Waals surface area contributed by atoms with E-state index < -0.39 is 0 Å². The number of hydrogen-bond donors (Lipinski definition) is 1. The molecule has 0 spiro atoms. The first kappa shape index (κ1) is 14.9. The largest absolute Gasteiger partial charge is 0.383 e. The molecule has 0 saturated heterocycles. The highest BCUT2D eigenvalue weighted by Gasteiger charge is 2.14. The lowest BCUT2D eigenvalue weighted by Crippen LogP contribution is -1.99. The van der Waals surface area contributed by atoms with Crippen molar-refractivity contribution in [2.45, 2.75) is 0 Å². The van der Waals surface area contributed by atoms with Crippen LogP contribution in [0.1, 0.15) is 5.56 Å². The number of pyridine rings is 1. The Kier molecular flexibility index (Phi) is 3.44. The summed E-state index contributed by atoms with van der Waals surface area (Å²) in [6.45, 7) is 0. The van der Waals surface area contributed by atoms with Crippen LogP contribution in [0.4, 0.5) is 5.82 Å². The Morgan fingerprint density at radius 2 is 1.84 bits per heavy atom. The van der Waals surface area contributed by atoms with Gasteiger partial charge in [-0.1, -0.05) is 36.4 Å². The van der Waals surface area contributed by atoms with Crippen LogP contribution in [0.2, 0.25) is 0 Å². The maximum atomic E-state index is 9.47. The van der Waals surface area contributed by atoms with Crippen molar-refractivity contribution in [2.24, 2.45) is 7.05 Å². The highest BCUT2D eigenvalue weighted by Crippen LogP contribution is 2.32. The van der Waals surface area contributed by atoms with Crippen molar-refractivity contribution in [1.82, 2.24) is 14.8 Å². The molecule has 0 amide bonds. The molecule has 25 heavy (non-hydrogen) atoms. The van der Waals surface area contributed by atoms with E-state index in [0.29, 0.717) is 5.56 Å². The van der Waals surface area contributed by atoms with E-state index >= 15 is 0 Å². The van der Waals surface area contributed by atoms with Crippen molar-refractivity contribution in [3.05, 3.63) is 66.5 Å². The maximum absolute atomic E-state index is 9.47. The van der Waals surface area contributed by atoms with Gasteiger partial charge in [-0.15, -0.1) is 0 Å². The zero-order chi connectivity index (χ0) is 17.4. The van der Waals surface area contributed by atoms with E-state index in [4.69, 9.17) is 5.73 Å². The second kappa shape index (κ2) is 5.77. The fourth-order valence-corrected chi connectivity index (χ4v) is 2.97. The molecule has 0 unspecified atom stereocenters. The molecule has 2 heterocycles. The summed E-state index contributed by atoms with van der Waals surface area (Å²) in [4.78, 5) is 4.44. The van der Waals surface area contributed by atoms with Crippen molar-refractivity contribution in [2.75, 3.05) is 5.73 Å². The zero-order valence-electron chi connectivity index (χ0n) is 13.6. The number of rotatable bonds is 2. The Balaban J connectivity index is 1.93. The summed E-state index contributed by atoms with van der Waals surface area (Å²) >= 11 is 0. The Morgan fingerprint density at radius 3 is 2.56 bits per heavy atom. The summed E-state index contributed by atoms with van der Waals surface area (Å²) in [6.07, 6.45) is 3.58. The number of nitrogens with zero attached hydrogens (tertiary/aromatic N) is 4. The number of fused-ring (bicyclic) bond motifs is 1. The molecule has 4 rings (SSSR count). The molecular formula is C20H15N5. The van der Waals surface area contributed by atoms with Crippen LogP contribution in [0.5, 0.6) is 0 Å². The van der Waals surface area contributed by atoms with Crippen LogP contribution in [-0.4, -0.2) is 14.8 Å². The summed E-state index contributed by atoms with van der Waals surface area (Å²) < 4.78 is 1.70. The monoisotopic (exact) mass is 325 g/mol. The summed E-state index contributed by atoms with van der Waals surface area (Å²) in [5, 5.41) is 16.0. The number of nitrogens with two attached hydrogens (primary N) is 1. The molecule has 0 atom stereocenters. The average Bonchev–Trinajstić information content (AvgIpc) is 3.07. The highest BCUT2D eigenvalue weighted by molar-refractivity contribution is 5.88. The molecule has 2 aromatic heterocycles. The molecule has 0 bridgehead atoms. The SMILES string of the molecule is Cn1cc(-c2cc(-c3ccc4ccccc4c3)nc(N)c2C#N)cn1. The number of aryl methyl sites for hydroxylation is 1. The summed E-state index contributed by atoms with van der Waals surface area (Å²) in [5.41, 5.74) is 9.72. The molecule has 2 N–H and O–H groups in total. The predicted octanol–water partition coefficient (Wildman–Crippen LogP) is 3.76. The van der Waals surface area contributed by atoms with Gasteiger partial charge in [0, 0.05) is 29.9 Å². The van der Waals surface area contributed by atoms with Gasteiger partial charge in [0.2, 0.25) is 0 Å². The third-order valence-electron chi connectivity index (χ3n) is 4.22. The van der Waals surface area contributed by atoms with Gasteiger partial charge in [0.25, 0.3) is 0 Å². The van der Waals surface area contributed by atoms with E-state index in [1.807, 2.05) is 37.5 Å². The third kappa shape index (κ3) is 2.60. The number of nitrogen functional groups attached to an aromatic ring is 1. The molecule has 0 aliphatic carbocycles.